The number of ether oxygens (including phenoxy) is 1. The van der Waals surface area contributed by atoms with Crippen LogP contribution < -0.4 is 4.74 Å². The van der Waals surface area contributed by atoms with Crippen LogP contribution in [0.15, 0.2) is 67.1 Å². The molecule has 1 aromatic heterocycles. The van der Waals surface area contributed by atoms with Crippen LogP contribution in [-0.4, -0.2) is 33.3 Å². The second-order valence-electron chi connectivity index (χ2n) is 6.73. The Bertz CT molecular complexity index is 984. The molecule has 0 fully saturated rings. The molecule has 7 heteroatoms. The van der Waals surface area contributed by atoms with E-state index in [1.807, 2.05) is 55.7 Å². The van der Waals surface area contributed by atoms with E-state index in [1.54, 1.807) is 4.68 Å². The van der Waals surface area contributed by atoms with Crippen LogP contribution in [0.4, 0.5) is 0 Å². The highest BCUT2D eigenvalue weighted by Crippen LogP contribution is 2.22. The number of nitrogens with zero attached hydrogens (tertiary/aromatic N) is 4. The van der Waals surface area contributed by atoms with Crippen molar-refractivity contribution in [2.75, 3.05) is 13.7 Å². The van der Waals surface area contributed by atoms with Crippen molar-refractivity contribution in [2.45, 2.75) is 13.2 Å². The van der Waals surface area contributed by atoms with Gasteiger partial charge in [-0.3, -0.25) is 0 Å². The zero-order valence-electron chi connectivity index (χ0n) is 15.4. The van der Waals surface area contributed by atoms with Crippen LogP contribution in [-0.2, 0) is 13.2 Å². The van der Waals surface area contributed by atoms with Gasteiger partial charge in [-0.2, -0.15) is 0 Å². The van der Waals surface area contributed by atoms with E-state index in [9.17, 15) is 0 Å². The average molecular weight is 415 g/mol. The molecule has 0 aliphatic carbocycles. The zero-order valence-corrected chi connectivity index (χ0v) is 16.9. The van der Waals surface area contributed by atoms with Crippen molar-refractivity contribution in [1.29, 1.82) is 0 Å². The Morgan fingerprint density at radius 3 is 2.61 bits per heavy atom. The van der Waals surface area contributed by atoms with Crippen LogP contribution in [0, 0.1) is 0 Å². The van der Waals surface area contributed by atoms with Gasteiger partial charge in [-0.1, -0.05) is 29.3 Å². The minimum atomic E-state index is 0.428. The summed E-state index contributed by atoms with van der Waals surface area (Å²) in [5, 5.41) is 5.92. The third-order valence-corrected chi connectivity index (χ3v) is 5.08. The highest BCUT2D eigenvalue weighted by Gasteiger charge is 2.12. The summed E-state index contributed by atoms with van der Waals surface area (Å²) in [6.45, 7) is 2.05. The van der Waals surface area contributed by atoms with Gasteiger partial charge in [-0.25, -0.2) is 4.68 Å². The summed E-state index contributed by atoms with van der Waals surface area (Å²) in [4.78, 5) is 4.33. The predicted octanol–water partition coefficient (Wildman–Crippen LogP) is 4.93. The lowest BCUT2D eigenvalue weighted by molar-refractivity contribution is 0.287. The van der Waals surface area contributed by atoms with E-state index >= 15 is 0 Å². The van der Waals surface area contributed by atoms with E-state index in [0.29, 0.717) is 17.5 Å². The first kappa shape index (κ1) is 18.7. The topological polar surface area (TPSA) is 33.5 Å². The zero-order chi connectivity index (χ0) is 19.5. The quantitative estimate of drug-likeness (QED) is 0.572. The van der Waals surface area contributed by atoms with Gasteiger partial charge >= 0.3 is 0 Å². The molecule has 144 valence electrons. The van der Waals surface area contributed by atoms with E-state index in [4.69, 9.17) is 27.9 Å². The van der Waals surface area contributed by atoms with E-state index in [-0.39, 0.29) is 0 Å². The van der Waals surface area contributed by atoms with Crippen molar-refractivity contribution in [3.05, 3.63) is 88.3 Å². The molecule has 0 amide bonds. The molecule has 0 bridgehead atoms. The lowest BCUT2D eigenvalue weighted by atomic mass is 10.1. The van der Waals surface area contributed by atoms with E-state index in [0.717, 1.165) is 35.1 Å². The molecule has 0 spiro atoms. The van der Waals surface area contributed by atoms with Crippen LogP contribution >= 0.6 is 23.2 Å². The Morgan fingerprint density at radius 1 is 1.04 bits per heavy atom. The highest BCUT2D eigenvalue weighted by molar-refractivity contribution is 6.31. The first-order chi connectivity index (χ1) is 13.6. The van der Waals surface area contributed by atoms with Crippen molar-refractivity contribution >= 4 is 23.2 Å². The second-order valence-corrected chi connectivity index (χ2v) is 7.58. The summed E-state index contributed by atoms with van der Waals surface area (Å²) in [6.07, 6.45) is 5.99. The minimum absolute atomic E-state index is 0.428. The normalized spacial score (nSPS) is 13.4. The summed E-state index contributed by atoms with van der Waals surface area (Å²) in [5.74, 6) is 0.565. The van der Waals surface area contributed by atoms with Crippen molar-refractivity contribution in [3.8, 4) is 11.6 Å². The standard InChI is InChI=1S/C21H20Cl2N4O/c1-25-10-11-26(15-25)13-17-12-16(2-7-20(17)23)14-28-21-8-9-27(24-21)19-5-3-18(22)4-6-19/h2-12H,13-15H2,1H3. The predicted molar refractivity (Wildman–Crippen MR) is 112 cm³/mol. The number of benzene rings is 2. The number of aromatic nitrogens is 2. The lowest BCUT2D eigenvalue weighted by Crippen LogP contribution is -2.22. The SMILES string of the molecule is CN1C=CN(Cc2cc(COc3ccn(-c4ccc(Cl)cc4)n3)ccc2Cl)C1. The Morgan fingerprint density at radius 2 is 1.86 bits per heavy atom. The highest BCUT2D eigenvalue weighted by atomic mass is 35.5. The van der Waals surface area contributed by atoms with Crippen LogP contribution in [0.25, 0.3) is 5.69 Å². The van der Waals surface area contributed by atoms with Gasteiger partial charge in [0.1, 0.15) is 6.61 Å². The molecule has 3 aromatic rings. The maximum Gasteiger partial charge on any atom is 0.233 e. The van der Waals surface area contributed by atoms with Gasteiger partial charge in [-0.15, -0.1) is 5.10 Å². The number of hydrogen-bond acceptors (Lipinski definition) is 4. The van der Waals surface area contributed by atoms with Crippen molar-refractivity contribution in [1.82, 2.24) is 19.6 Å². The summed E-state index contributed by atoms with van der Waals surface area (Å²) in [6, 6.07) is 15.3. The molecule has 4 rings (SSSR count). The fourth-order valence-corrected chi connectivity index (χ4v) is 3.33. The van der Waals surface area contributed by atoms with Gasteiger partial charge in [0.05, 0.1) is 12.4 Å². The molecule has 2 heterocycles. The van der Waals surface area contributed by atoms with Gasteiger partial charge in [0, 0.05) is 48.3 Å². The van der Waals surface area contributed by atoms with Crippen LogP contribution in [0.1, 0.15) is 11.1 Å². The molecule has 0 atom stereocenters. The summed E-state index contributed by atoms with van der Waals surface area (Å²) < 4.78 is 7.62. The first-order valence-electron chi connectivity index (χ1n) is 8.91. The molecule has 28 heavy (non-hydrogen) atoms. The van der Waals surface area contributed by atoms with Crippen LogP contribution in [0.5, 0.6) is 5.88 Å². The fourth-order valence-electron chi connectivity index (χ4n) is 3.03. The Kier molecular flexibility index (Phi) is 5.46. The summed E-state index contributed by atoms with van der Waals surface area (Å²) in [7, 11) is 2.05. The molecule has 5 nitrogen and oxygen atoms in total. The monoisotopic (exact) mass is 414 g/mol. The van der Waals surface area contributed by atoms with Gasteiger partial charge in [0.2, 0.25) is 5.88 Å². The van der Waals surface area contributed by atoms with Gasteiger partial charge in [0.15, 0.2) is 0 Å². The molecule has 0 unspecified atom stereocenters. The molecule has 0 saturated heterocycles. The maximum atomic E-state index is 6.38. The van der Waals surface area contributed by atoms with Crippen molar-refractivity contribution in [2.24, 2.45) is 0 Å². The third kappa shape index (κ3) is 4.43. The van der Waals surface area contributed by atoms with Gasteiger partial charge in [0.25, 0.3) is 0 Å². The maximum absolute atomic E-state index is 6.38. The summed E-state index contributed by atoms with van der Waals surface area (Å²) >= 11 is 12.3. The summed E-state index contributed by atoms with van der Waals surface area (Å²) in [5.41, 5.74) is 3.06. The Labute approximate surface area is 174 Å². The fraction of sp³-hybridized carbons (Fsp3) is 0.190. The minimum Gasteiger partial charge on any atom is -0.472 e. The van der Waals surface area contributed by atoms with E-state index in [2.05, 4.69) is 33.4 Å². The van der Waals surface area contributed by atoms with Crippen molar-refractivity contribution in [3.63, 3.8) is 0 Å². The van der Waals surface area contributed by atoms with Crippen molar-refractivity contribution < 1.29 is 4.74 Å². The van der Waals surface area contributed by atoms with Crippen LogP contribution in [0.2, 0.25) is 10.0 Å². The number of rotatable bonds is 6. The smallest absolute Gasteiger partial charge is 0.233 e. The molecule has 0 N–H and O–H groups in total. The Balaban J connectivity index is 1.40. The van der Waals surface area contributed by atoms with Crippen LogP contribution in [0.3, 0.4) is 0 Å². The van der Waals surface area contributed by atoms with E-state index in [1.165, 1.54) is 0 Å². The Hall–Kier alpha value is -2.63. The molecular weight excluding hydrogens is 395 g/mol. The molecule has 1 aliphatic heterocycles. The molecule has 2 aromatic carbocycles. The molecule has 0 saturated carbocycles. The van der Waals surface area contributed by atoms with E-state index < -0.39 is 0 Å². The number of hydrogen-bond donors (Lipinski definition) is 0. The largest absolute Gasteiger partial charge is 0.472 e. The molecular formula is C21H20Cl2N4O. The third-order valence-electron chi connectivity index (χ3n) is 4.46. The molecule has 0 radical (unpaired) electrons. The second kappa shape index (κ2) is 8.17. The molecule has 1 aliphatic rings. The number of halogens is 2. The first-order valence-corrected chi connectivity index (χ1v) is 9.67. The lowest BCUT2D eigenvalue weighted by Gasteiger charge is -2.19. The van der Waals surface area contributed by atoms with Gasteiger partial charge < -0.3 is 14.5 Å². The average Bonchev–Trinajstić information content (AvgIpc) is 3.32. The van der Waals surface area contributed by atoms with Gasteiger partial charge in [-0.05, 0) is 47.5 Å².